The van der Waals surface area contributed by atoms with Crippen LogP contribution in [0, 0.1) is 0 Å². The van der Waals surface area contributed by atoms with Gasteiger partial charge in [-0.15, -0.1) is 0 Å². The Balaban J connectivity index is 2.67. The van der Waals surface area contributed by atoms with Crippen molar-refractivity contribution >= 4 is 11.8 Å². The van der Waals surface area contributed by atoms with Gasteiger partial charge < -0.3 is 9.90 Å². The number of benzene rings is 2. The van der Waals surface area contributed by atoms with E-state index in [2.05, 4.69) is 0 Å². The topological polar surface area (TPSA) is 57.2 Å². The lowest BCUT2D eigenvalue weighted by atomic mass is 9.95. The lowest BCUT2D eigenvalue weighted by Crippen LogP contribution is -2.25. The molecule has 9 heteroatoms. The molecule has 0 N–H and O–H groups in total. The van der Waals surface area contributed by atoms with Crippen molar-refractivity contribution in [1.82, 2.24) is 0 Å². The van der Waals surface area contributed by atoms with Crippen LogP contribution in [0.15, 0.2) is 42.5 Å². The van der Waals surface area contributed by atoms with Gasteiger partial charge in [0, 0.05) is 16.7 Å². The smallest absolute Gasteiger partial charge is 0.416 e. The number of carbonyl (C=O) groups is 2. The van der Waals surface area contributed by atoms with Crippen LogP contribution in [0.4, 0.5) is 26.3 Å². The van der Waals surface area contributed by atoms with E-state index in [0.29, 0.717) is 0 Å². The minimum Gasteiger partial charge on any atom is -0.545 e. The highest BCUT2D eigenvalue weighted by Crippen LogP contribution is 2.36. The fraction of sp³-hybridized carbons (Fsp3) is 0.125. The number of aromatic carboxylic acids is 1. The van der Waals surface area contributed by atoms with Crippen LogP contribution < -0.4 is 5.11 Å². The second kappa shape index (κ2) is 6.23. The third kappa shape index (κ3) is 3.98. The van der Waals surface area contributed by atoms with Crippen LogP contribution in [0.3, 0.4) is 0 Å². The quantitative estimate of drug-likeness (QED) is 0.623. The predicted molar refractivity (Wildman–Crippen MR) is 70.7 cm³/mol. The zero-order valence-corrected chi connectivity index (χ0v) is 12.0. The van der Waals surface area contributed by atoms with Crippen LogP contribution in [-0.4, -0.2) is 11.8 Å². The first-order chi connectivity index (χ1) is 11.4. The summed E-state index contributed by atoms with van der Waals surface area (Å²) in [5.74, 6) is -3.08. The number of hydrogen-bond donors (Lipinski definition) is 0. The van der Waals surface area contributed by atoms with Gasteiger partial charge in [-0.25, -0.2) is 0 Å². The third-order valence-corrected chi connectivity index (χ3v) is 3.24. The Bertz CT molecular complexity index is 804. The summed E-state index contributed by atoms with van der Waals surface area (Å²) in [6.45, 7) is 0. The highest BCUT2D eigenvalue weighted by Gasteiger charge is 2.37. The molecular formula is C16H7F6O3-. The van der Waals surface area contributed by atoms with Gasteiger partial charge in [-0.1, -0.05) is 24.3 Å². The molecule has 0 aliphatic carbocycles. The average Bonchev–Trinajstić information content (AvgIpc) is 2.52. The number of alkyl halides is 6. The Hall–Kier alpha value is -2.84. The second-order valence-corrected chi connectivity index (χ2v) is 4.96. The summed E-state index contributed by atoms with van der Waals surface area (Å²) in [6.07, 6.45) is -10.2. The van der Waals surface area contributed by atoms with Crippen LogP contribution in [0.1, 0.15) is 37.4 Å². The standard InChI is InChI=1S/C16H8F6O3/c17-15(18,19)9-5-8(6-10(7-9)16(20,21)22)13(23)11-3-1-2-4-12(11)14(24)25/h1-7H,(H,24,25)/p-1. The van der Waals surface area contributed by atoms with E-state index in [-0.39, 0.29) is 18.2 Å². The fourth-order valence-corrected chi connectivity index (χ4v) is 2.10. The highest BCUT2D eigenvalue weighted by atomic mass is 19.4. The molecule has 0 radical (unpaired) electrons. The summed E-state index contributed by atoms with van der Waals surface area (Å²) in [4.78, 5) is 23.3. The molecule has 0 heterocycles. The fourth-order valence-electron chi connectivity index (χ4n) is 2.10. The first-order valence-electron chi connectivity index (χ1n) is 6.56. The summed E-state index contributed by atoms with van der Waals surface area (Å²) < 4.78 is 77.0. The Morgan fingerprint density at radius 1 is 0.760 bits per heavy atom. The van der Waals surface area contributed by atoms with E-state index in [4.69, 9.17) is 0 Å². The van der Waals surface area contributed by atoms with Gasteiger partial charge in [0.2, 0.25) is 0 Å². The van der Waals surface area contributed by atoms with Crippen molar-refractivity contribution in [1.29, 1.82) is 0 Å². The molecule has 25 heavy (non-hydrogen) atoms. The van der Waals surface area contributed by atoms with Crippen LogP contribution in [0.25, 0.3) is 0 Å². The van der Waals surface area contributed by atoms with E-state index >= 15 is 0 Å². The summed E-state index contributed by atoms with van der Waals surface area (Å²) in [5, 5.41) is 11.0. The van der Waals surface area contributed by atoms with Gasteiger partial charge in [0.25, 0.3) is 0 Å². The molecule has 0 saturated heterocycles. The molecule has 0 spiro atoms. The molecule has 0 saturated carbocycles. The summed E-state index contributed by atoms with van der Waals surface area (Å²) >= 11 is 0. The largest absolute Gasteiger partial charge is 0.545 e. The van der Waals surface area contributed by atoms with Gasteiger partial charge >= 0.3 is 12.4 Å². The van der Waals surface area contributed by atoms with Crippen molar-refractivity contribution in [2.75, 3.05) is 0 Å². The average molecular weight is 361 g/mol. The minimum atomic E-state index is -5.12. The molecule has 132 valence electrons. The SMILES string of the molecule is O=C([O-])c1ccccc1C(=O)c1cc(C(F)(F)F)cc(C(F)(F)F)c1. The van der Waals surface area contributed by atoms with E-state index < -0.39 is 51.9 Å². The van der Waals surface area contributed by atoms with Crippen molar-refractivity contribution in [2.24, 2.45) is 0 Å². The first kappa shape index (κ1) is 18.5. The van der Waals surface area contributed by atoms with Gasteiger partial charge in [-0.2, -0.15) is 26.3 Å². The van der Waals surface area contributed by atoms with E-state index in [0.717, 1.165) is 12.1 Å². The van der Waals surface area contributed by atoms with Crippen LogP contribution >= 0.6 is 0 Å². The molecule has 0 aromatic heterocycles. The number of hydrogen-bond acceptors (Lipinski definition) is 3. The van der Waals surface area contributed by atoms with Crippen LogP contribution in [0.2, 0.25) is 0 Å². The van der Waals surface area contributed by atoms with Gasteiger partial charge in [0.15, 0.2) is 5.78 Å². The van der Waals surface area contributed by atoms with Crippen molar-refractivity contribution in [2.45, 2.75) is 12.4 Å². The lowest BCUT2D eigenvalue weighted by Gasteiger charge is -2.15. The Kier molecular flexibility index (Phi) is 4.61. The highest BCUT2D eigenvalue weighted by molar-refractivity contribution is 6.14. The van der Waals surface area contributed by atoms with Gasteiger partial charge in [-0.05, 0) is 18.2 Å². The predicted octanol–water partition coefficient (Wildman–Crippen LogP) is 3.32. The number of rotatable bonds is 3. The maximum atomic E-state index is 12.8. The van der Waals surface area contributed by atoms with E-state index in [1.165, 1.54) is 12.1 Å². The molecule has 0 unspecified atom stereocenters. The number of carboxylic acid groups (broad SMARTS) is 1. The van der Waals surface area contributed by atoms with Gasteiger partial charge in [0.1, 0.15) is 0 Å². The monoisotopic (exact) mass is 361 g/mol. The number of carboxylic acids is 1. The van der Waals surface area contributed by atoms with Crippen molar-refractivity contribution in [3.05, 3.63) is 70.3 Å². The Morgan fingerprint density at radius 3 is 1.60 bits per heavy atom. The number of carbonyl (C=O) groups excluding carboxylic acids is 2. The van der Waals surface area contributed by atoms with E-state index in [1.807, 2.05) is 0 Å². The molecule has 2 rings (SSSR count). The molecular weight excluding hydrogens is 354 g/mol. The van der Waals surface area contributed by atoms with E-state index in [1.54, 1.807) is 0 Å². The first-order valence-corrected chi connectivity index (χ1v) is 6.56. The summed E-state index contributed by atoms with van der Waals surface area (Å²) in [5.41, 5.74) is -5.49. The summed E-state index contributed by atoms with van der Waals surface area (Å²) in [7, 11) is 0. The van der Waals surface area contributed by atoms with Gasteiger partial charge in [-0.3, -0.25) is 4.79 Å². The van der Waals surface area contributed by atoms with Crippen molar-refractivity contribution in [3.63, 3.8) is 0 Å². The minimum absolute atomic E-state index is 0.124. The lowest BCUT2D eigenvalue weighted by molar-refractivity contribution is -0.255. The van der Waals surface area contributed by atoms with Crippen molar-refractivity contribution < 1.29 is 41.0 Å². The van der Waals surface area contributed by atoms with Gasteiger partial charge in [0.05, 0.1) is 17.1 Å². The van der Waals surface area contributed by atoms with Crippen molar-refractivity contribution in [3.8, 4) is 0 Å². The van der Waals surface area contributed by atoms with Crippen LogP contribution in [-0.2, 0) is 12.4 Å². The molecule has 3 nitrogen and oxygen atoms in total. The molecule has 2 aromatic rings. The molecule has 0 aliphatic rings. The molecule has 0 bridgehead atoms. The van der Waals surface area contributed by atoms with E-state index in [9.17, 15) is 41.0 Å². The molecule has 0 fully saturated rings. The van der Waals surface area contributed by atoms with Crippen LogP contribution in [0.5, 0.6) is 0 Å². The zero-order valence-electron chi connectivity index (χ0n) is 12.0. The maximum absolute atomic E-state index is 12.8. The Labute approximate surface area is 136 Å². The molecule has 0 amide bonds. The number of ketones is 1. The third-order valence-electron chi connectivity index (χ3n) is 3.24. The second-order valence-electron chi connectivity index (χ2n) is 4.96. The molecule has 2 aromatic carbocycles. The normalized spacial score (nSPS) is 12.1. The Morgan fingerprint density at radius 2 is 1.20 bits per heavy atom. The molecule has 0 atom stereocenters. The zero-order chi connectivity index (χ0) is 19.0. The maximum Gasteiger partial charge on any atom is 0.416 e. The number of halogens is 6. The summed E-state index contributed by atoms with van der Waals surface area (Å²) in [6, 6.07) is 4.74. The molecule has 0 aliphatic heterocycles.